The van der Waals surface area contributed by atoms with Crippen LogP contribution in [0.15, 0.2) is 17.2 Å². The van der Waals surface area contributed by atoms with Gasteiger partial charge in [0.1, 0.15) is 5.56 Å². The SMILES string of the molecule is COC(=O)c1cn(C)cc(B2OC(C)(C)C(C)(C)O2)c1=O. The number of rotatable bonds is 2. The number of carbonyl (C=O) groups excluding carboxylic acids is 1. The number of aryl methyl sites for hydroxylation is 1. The minimum absolute atomic E-state index is 0.0350. The average molecular weight is 293 g/mol. The lowest BCUT2D eigenvalue weighted by molar-refractivity contribution is 0.00578. The van der Waals surface area contributed by atoms with Gasteiger partial charge < -0.3 is 18.6 Å². The zero-order valence-electron chi connectivity index (χ0n) is 13.2. The van der Waals surface area contributed by atoms with E-state index in [0.29, 0.717) is 5.46 Å². The third kappa shape index (κ3) is 2.63. The van der Waals surface area contributed by atoms with Gasteiger partial charge in [0.15, 0.2) is 5.43 Å². The van der Waals surface area contributed by atoms with Gasteiger partial charge in [-0.1, -0.05) is 0 Å². The molecule has 0 radical (unpaired) electrons. The van der Waals surface area contributed by atoms with Gasteiger partial charge >= 0.3 is 13.1 Å². The second-order valence-corrected chi connectivity index (χ2v) is 6.20. The molecular formula is C14H20BNO5. The van der Waals surface area contributed by atoms with Crippen LogP contribution >= 0.6 is 0 Å². The summed E-state index contributed by atoms with van der Waals surface area (Å²) in [6.07, 6.45) is 3.04. The van der Waals surface area contributed by atoms with E-state index in [4.69, 9.17) is 9.31 Å². The van der Waals surface area contributed by atoms with E-state index in [1.807, 2.05) is 27.7 Å². The minimum atomic E-state index is -0.807. The first-order valence-corrected chi connectivity index (χ1v) is 6.73. The number of pyridine rings is 1. The Kier molecular flexibility index (Phi) is 3.76. The lowest BCUT2D eigenvalue weighted by Gasteiger charge is -2.32. The van der Waals surface area contributed by atoms with E-state index in [1.54, 1.807) is 17.8 Å². The molecule has 114 valence electrons. The summed E-state index contributed by atoms with van der Waals surface area (Å²) in [5.74, 6) is -0.672. The molecule has 0 atom stereocenters. The minimum Gasteiger partial charge on any atom is -0.465 e. The zero-order valence-corrected chi connectivity index (χ0v) is 13.2. The molecule has 7 heteroatoms. The number of ether oxygens (including phenoxy) is 1. The Morgan fingerprint density at radius 1 is 1.19 bits per heavy atom. The lowest BCUT2D eigenvalue weighted by Crippen LogP contribution is -2.46. The molecule has 1 aliphatic heterocycles. The summed E-state index contributed by atoms with van der Waals surface area (Å²) >= 11 is 0. The summed E-state index contributed by atoms with van der Waals surface area (Å²) in [7, 11) is 2.16. The molecule has 0 unspecified atom stereocenters. The molecule has 1 fully saturated rings. The van der Waals surface area contributed by atoms with Crippen LogP contribution in [0.4, 0.5) is 0 Å². The number of hydrogen-bond donors (Lipinski definition) is 0. The fourth-order valence-electron chi connectivity index (χ4n) is 2.13. The highest BCUT2D eigenvalue weighted by atomic mass is 16.7. The Morgan fingerprint density at radius 2 is 1.71 bits per heavy atom. The topological polar surface area (TPSA) is 66.8 Å². The molecule has 0 aliphatic carbocycles. The van der Waals surface area contributed by atoms with E-state index < -0.39 is 29.7 Å². The highest BCUT2D eigenvalue weighted by molar-refractivity contribution is 6.62. The number of nitrogens with zero attached hydrogens (tertiary/aromatic N) is 1. The standard InChI is InChI=1S/C14H20BNO5/c1-13(2)14(3,4)21-15(20-13)10-8-16(5)7-9(11(10)17)12(18)19-6/h7-8H,1-6H3. The highest BCUT2D eigenvalue weighted by Gasteiger charge is 2.52. The number of methoxy groups -OCH3 is 1. The Labute approximate surface area is 124 Å². The summed E-state index contributed by atoms with van der Waals surface area (Å²) in [5.41, 5.74) is -1.28. The first-order valence-electron chi connectivity index (χ1n) is 6.73. The van der Waals surface area contributed by atoms with Gasteiger partial charge in [-0.05, 0) is 27.7 Å². The summed E-state index contributed by atoms with van der Waals surface area (Å²) < 4.78 is 18.0. The molecule has 1 aromatic heterocycles. The smallest absolute Gasteiger partial charge is 0.465 e. The van der Waals surface area contributed by atoms with Crippen LogP contribution in [0.25, 0.3) is 0 Å². The van der Waals surface area contributed by atoms with Crippen LogP contribution in [-0.2, 0) is 21.1 Å². The second kappa shape index (κ2) is 5.00. The van der Waals surface area contributed by atoms with Crippen molar-refractivity contribution in [2.24, 2.45) is 7.05 Å². The predicted octanol–water partition coefficient (Wildman–Crippen LogP) is 0.471. The molecule has 21 heavy (non-hydrogen) atoms. The summed E-state index contributed by atoms with van der Waals surface area (Å²) in [5, 5.41) is 0. The molecule has 0 aromatic carbocycles. The van der Waals surface area contributed by atoms with E-state index in [2.05, 4.69) is 4.74 Å². The molecule has 1 saturated heterocycles. The van der Waals surface area contributed by atoms with E-state index in [1.165, 1.54) is 13.3 Å². The summed E-state index contributed by atoms with van der Waals surface area (Å²) in [4.78, 5) is 24.1. The molecule has 2 heterocycles. The lowest BCUT2D eigenvalue weighted by atomic mass is 9.79. The van der Waals surface area contributed by atoms with Crippen molar-refractivity contribution in [3.05, 3.63) is 28.2 Å². The molecule has 0 spiro atoms. The van der Waals surface area contributed by atoms with Crippen molar-refractivity contribution in [1.82, 2.24) is 4.57 Å². The fourth-order valence-corrected chi connectivity index (χ4v) is 2.13. The number of carbonyl (C=O) groups is 1. The van der Waals surface area contributed by atoms with Crippen molar-refractivity contribution < 1.29 is 18.8 Å². The number of hydrogen-bond acceptors (Lipinski definition) is 5. The van der Waals surface area contributed by atoms with Gasteiger partial charge in [0.2, 0.25) is 0 Å². The quantitative estimate of drug-likeness (QED) is 0.586. The zero-order chi connectivity index (χ0) is 16.0. The third-order valence-electron chi connectivity index (χ3n) is 4.09. The van der Waals surface area contributed by atoms with E-state index in [-0.39, 0.29) is 5.56 Å². The van der Waals surface area contributed by atoms with Gasteiger partial charge in [-0.25, -0.2) is 4.79 Å². The Balaban J connectivity index is 2.50. The molecule has 2 rings (SSSR count). The third-order valence-corrected chi connectivity index (χ3v) is 4.09. The van der Waals surface area contributed by atoms with Crippen molar-refractivity contribution in [2.45, 2.75) is 38.9 Å². The van der Waals surface area contributed by atoms with E-state index in [9.17, 15) is 9.59 Å². The number of aromatic nitrogens is 1. The van der Waals surface area contributed by atoms with Crippen molar-refractivity contribution in [3.8, 4) is 0 Å². The second-order valence-electron chi connectivity index (χ2n) is 6.20. The molecule has 0 bridgehead atoms. The van der Waals surface area contributed by atoms with Crippen LogP contribution in [0, 0.1) is 0 Å². The van der Waals surface area contributed by atoms with Crippen LogP contribution in [-0.4, -0.2) is 36.0 Å². The van der Waals surface area contributed by atoms with Crippen molar-refractivity contribution in [3.63, 3.8) is 0 Å². The molecule has 6 nitrogen and oxygen atoms in total. The first-order chi connectivity index (χ1) is 9.59. The van der Waals surface area contributed by atoms with Gasteiger partial charge in [-0.15, -0.1) is 0 Å². The monoisotopic (exact) mass is 293 g/mol. The summed E-state index contributed by atoms with van der Waals surface area (Å²) in [6.45, 7) is 7.62. The van der Waals surface area contributed by atoms with Gasteiger partial charge in [0.25, 0.3) is 0 Å². The van der Waals surface area contributed by atoms with Crippen LogP contribution in [0.1, 0.15) is 38.1 Å². The molecule has 1 aliphatic rings. The molecule has 0 N–H and O–H groups in total. The largest absolute Gasteiger partial charge is 0.500 e. The molecular weight excluding hydrogens is 273 g/mol. The van der Waals surface area contributed by atoms with Crippen LogP contribution in [0.2, 0.25) is 0 Å². The normalized spacial score (nSPS) is 19.6. The average Bonchev–Trinajstić information content (AvgIpc) is 2.59. The van der Waals surface area contributed by atoms with Crippen molar-refractivity contribution in [1.29, 1.82) is 0 Å². The van der Waals surface area contributed by atoms with Gasteiger partial charge in [-0.2, -0.15) is 0 Å². The first kappa shape index (κ1) is 15.8. The Bertz CT molecular complexity index is 619. The Hall–Kier alpha value is -1.60. The molecule has 1 aromatic rings. The van der Waals surface area contributed by atoms with Gasteiger partial charge in [0, 0.05) is 24.9 Å². The Morgan fingerprint density at radius 3 is 2.19 bits per heavy atom. The summed E-state index contributed by atoms with van der Waals surface area (Å²) in [6, 6.07) is 0. The maximum Gasteiger partial charge on any atom is 0.500 e. The van der Waals surface area contributed by atoms with Crippen molar-refractivity contribution >= 4 is 18.6 Å². The van der Waals surface area contributed by atoms with Gasteiger partial charge in [-0.3, -0.25) is 4.79 Å². The molecule has 0 saturated carbocycles. The van der Waals surface area contributed by atoms with Crippen LogP contribution in [0.5, 0.6) is 0 Å². The predicted molar refractivity (Wildman–Crippen MR) is 78.7 cm³/mol. The van der Waals surface area contributed by atoms with Gasteiger partial charge in [0.05, 0.1) is 18.3 Å². The maximum atomic E-state index is 12.5. The fraction of sp³-hybridized carbons (Fsp3) is 0.571. The highest BCUT2D eigenvalue weighted by Crippen LogP contribution is 2.36. The van der Waals surface area contributed by atoms with E-state index >= 15 is 0 Å². The van der Waals surface area contributed by atoms with Crippen LogP contribution in [0.3, 0.4) is 0 Å². The van der Waals surface area contributed by atoms with E-state index in [0.717, 1.165) is 0 Å². The number of esters is 1. The van der Waals surface area contributed by atoms with Crippen LogP contribution < -0.4 is 10.9 Å². The van der Waals surface area contributed by atoms with Crippen molar-refractivity contribution in [2.75, 3.05) is 7.11 Å². The molecule has 0 amide bonds. The maximum absolute atomic E-state index is 12.5.